The van der Waals surface area contributed by atoms with Crippen molar-refractivity contribution in [3.63, 3.8) is 0 Å². The molecule has 0 aliphatic heterocycles. The molecule has 0 bridgehead atoms. The summed E-state index contributed by atoms with van der Waals surface area (Å²) in [5.41, 5.74) is 6.13. The Kier molecular flexibility index (Phi) is 6.80. The van der Waals surface area contributed by atoms with Crippen molar-refractivity contribution < 1.29 is 9.47 Å². The van der Waals surface area contributed by atoms with Crippen molar-refractivity contribution in [3.05, 3.63) is 24.0 Å². The second kappa shape index (κ2) is 8.57. The summed E-state index contributed by atoms with van der Waals surface area (Å²) in [5.74, 6) is 6.44. The van der Waals surface area contributed by atoms with Crippen molar-refractivity contribution in [1.29, 1.82) is 0 Å². The van der Waals surface area contributed by atoms with Gasteiger partial charge in [0.1, 0.15) is 5.75 Å². The summed E-state index contributed by atoms with van der Waals surface area (Å²) in [4.78, 5) is 4.06. The van der Waals surface area contributed by atoms with Crippen molar-refractivity contribution in [1.82, 2.24) is 4.98 Å². The maximum atomic E-state index is 5.56. The van der Waals surface area contributed by atoms with E-state index in [-0.39, 0.29) is 0 Å². The molecule has 0 aliphatic carbocycles. The zero-order chi connectivity index (χ0) is 12.3. The molecule has 0 radical (unpaired) electrons. The summed E-state index contributed by atoms with van der Waals surface area (Å²) in [6.07, 6.45) is 5.34. The fourth-order valence-corrected chi connectivity index (χ4v) is 1.26. The minimum absolute atomic E-state index is 0.349. The lowest BCUT2D eigenvalue weighted by molar-refractivity contribution is 0.184. The molecule has 0 saturated heterocycles. The van der Waals surface area contributed by atoms with Crippen LogP contribution in [0.4, 0.5) is 0 Å². The number of unbranched alkanes of at least 4 members (excludes halogenated alkanes) is 1. The van der Waals surface area contributed by atoms with Crippen LogP contribution in [-0.4, -0.2) is 31.9 Å². The second-order valence-corrected chi connectivity index (χ2v) is 3.46. The van der Waals surface area contributed by atoms with Gasteiger partial charge < -0.3 is 15.2 Å². The highest BCUT2D eigenvalue weighted by Crippen LogP contribution is 2.10. The molecule has 0 aromatic carbocycles. The lowest BCUT2D eigenvalue weighted by Crippen LogP contribution is -2.00. The van der Waals surface area contributed by atoms with Gasteiger partial charge in [0, 0.05) is 25.5 Å². The SMILES string of the molecule is COCCCCOc1cncc(C#CCN)c1. The predicted octanol–water partition coefficient (Wildman–Crippen LogP) is 1.20. The van der Waals surface area contributed by atoms with Gasteiger partial charge in [0.2, 0.25) is 0 Å². The first-order chi connectivity index (χ1) is 8.36. The first-order valence-corrected chi connectivity index (χ1v) is 5.62. The highest BCUT2D eigenvalue weighted by molar-refractivity contribution is 5.36. The molecule has 4 heteroatoms. The van der Waals surface area contributed by atoms with Crippen LogP contribution in [0.15, 0.2) is 18.5 Å². The Hall–Kier alpha value is -1.57. The third kappa shape index (κ3) is 5.91. The number of methoxy groups -OCH3 is 1. The van der Waals surface area contributed by atoms with Crippen LogP contribution in [0.25, 0.3) is 0 Å². The van der Waals surface area contributed by atoms with Crippen LogP contribution in [0.2, 0.25) is 0 Å². The molecule has 17 heavy (non-hydrogen) atoms. The molecule has 1 rings (SSSR count). The van der Waals surface area contributed by atoms with E-state index in [0.717, 1.165) is 30.8 Å². The van der Waals surface area contributed by atoms with E-state index in [1.807, 2.05) is 6.07 Å². The molecule has 1 aromatic rings. The summed E-state index contributed by atoms with van der Waals surface area (Å²) in [6.45, 7) is 1.78. The van der Waals surface area contributed by atoms with Gasteiger partial charge in [-0.3, -0.25) is 4.98 Å². The number of pyridine rings is 1. The molecule has 1 aromatic heterocycles. The van der Waals surface area contributed by atoms with E-state index in [9.17, 15) is 0 Å². The fraction of sp³-hybridized carbons (Fsp3) is 0.462. The van der Waals surface area contributed by atoms with Crippen LogP contribution in [0, 0.1) is 11.8 Å². The van der Waals surface area contributed by atoms with E-state index in [1.54, 1.807) is 19.5 Å². The van der Waals surface area contributed by atoms with Gasteiger partial charge in [-0.15, -0.1) is 0 Å². The largest absolute Gasteiger partial charge is 0.492 e. The smallest absolute Gasteiger partial charge is 0.138 e. The normalized spacial score (nSPS) is 9.53. The molecule has 0 spiro atoms. The zero-order valence-electron chi connectivity index (χ0n) is 10.1. The molecule has 1 heterocycles. The van der Waals surface area contributed by atoms with E-state index in [0.29, 0.717) is 13.2 Å². The van der Waals surface area contributed by atoms with Crippen molar-refractivity contribution in [2.24, 2.45) is 5.73 Å². The van der Waals surface area contributed by atoms with Crippen molar-refractivity contribution >= 4 is 0 Å². The molecule has 0 fully saturated rings. The molecule has 0 saturated carbocycles. The van der Waals surface area contributed by atoms with E-state index < -0.39 is 0 Å². The van der Waals surface area contributed by atoms with Gasteiger partial charge in [-0.05, 0) is 18.9 Å². The standard InChI is InChI=1S/C13H18N2O2/c1-16-7-2-3-8-17-13-9-12(5-4-6-14)10-15-11-13/h9-11H,2-3,6-8,14H2,1H3. The summed E-state index contributed by atoms with van der Waals surface area (Å²) in [5, 5.41) is 0. The van der Waals surface area contributed by atoms with Gasteiger partial charge >= 0.3 is 0 Å². The molecule has 0 amide bonds. The molecule has 2 N–H and O–H groups in total. The summed E-state index contributed by atoms with van der Waals surface area (Å²) >= 11 is 0. The lowest BCUT2D eigenvalue weighted by atomic mass is 10.3. The van der Waals surface area contributed by atoms with Gasteiger partial charge in [0.05, 0.1) is 19.3 Å². The first kappa shape index (κ1) is 13.5. The number of nitrogens with two attached hydrogens (primary N) is 1. The quantitative estimate of drug-likeness (QED) is 0.593. The zero-order valence-corrected chi connectivity index (χ0v) is 10.1. The van der Waals surface area contributed by atoms with Crippen molar-refractivity contribution in [2.75, 3.05) is 26.9 Å². The van der Waals surface area contributed by atoms with Gasteiger partial charge in [0.15, 0.2) is 0 Å². The van der Waals surface area contributed by atoms with Crippen LogP contribution >= 0.6 is 0 Å². The Balaban J connectivity index is 2.38. The number of hydrogen-bond acceptors (Lipinski definition) is 4. The average Bonchev–Trinajstić information content (AvgIpc) is 2.37. The highest BCUT2D eigenvalue weighted by Gasteiger charge is 1.96. The number of ether oxygens (including phenoxy) is 2. The summed E-state index contributed by atoms with van der Waals surface area (Å²) in [7, 11) is 1.70. The second-order valence-electron chi connectivity index (χ2n) is 3.46. The van der Waals surface area contributed by atoms with Crippen LogP contribution in [0.3, 0.4) is 0 Å². The van der Waals surface area contributed by atoms with Crippen LogP contribution < -0.4 is 10.5 Å². The maximum Gasteiger partial charge on any atom is 0.138 e. The van der Waals surface area contributed by atoms with E-state index in [2.05, 4.69) is 16.8 Å². The Morgan fingerprint density at radius 1 is 1.29 bits per heavy atom. The van der Waals surface area contributed by atoms with E-state index in [4.69, 9.17) is 15.2 Å². The van der Waals surface area contributed by atoms with Crippen LogP contribution in [0.5, 0.6) is 5.75 Å². The Bertz CT molecular complexity index is 382. The highest BCUT2D eigenvalue weighted by atomic mass is 16.5. The van der Waals surface area contributed by atoms with Crippen molar-refractivity contribution in [3.8, 4) is 17.6 Å². The Morgan fingerprint density at radius 3 is 2.88 bits per heavy atom. The molecule has 0 unspecified atom stereocenters. The van der Waals surface area contributed by atoms with Gasteiger partial charge in [-0.25, -0.2) is 0 Å². The monoisotopic (exact) mass is 234 g/mol. The minimum atomic E-state index is 0.349. The third-order valence-electron chi connectivity index (χ3n) is 2.06. The van der Waals surface area contributed by atoms with Gasteiger partial charge in [0.25, 0.3) is 0 Å². The van der Waals surface area contributed by atoms with E-state index in [1.165, 1.54) is 0 Å². The third-order valence-corrected chi connectivity index (χ3v) is 2.06. The van der Waals surface area contributed by atoms with Crippen molar-refractivity contribution in [2.45, 2.75) is 12.8 Å². The molecule has 0 atom stereocenters. The number of rotatable bonds is 6. The topological polar surface area (TPSA) is 57.4 Å². The summed E-state index contributed by atoms with van der Waals surface area (Å²) < 4.78 is 10.5. The Morgan fingerprint density at radius 2 is 2.12 bits per heavy atom. The van der Waals surface area contributed by atoms with E-state index >= 15 is 0 Å². The minimum Gasteiger partial charge on any atom is -0.492 e. The molecular formula is C13H18N2O2. The van der Waals surface area contributed by atoms with Gasteiger partial charge in [-0.1, -0.05) is 11.8 Å². The number of hydrogen-bond donors (Lipinski definition) is 1. The molecule has 4 nitrogen and oxygen atoms in total. The van der Waals surface area contributed by atoms with Gasteiger partial charge in [-0.2, -0.15) is 0 Å². The average molecular weight is 234 g/mol. The number of aromatic nitrogens is 1. The molecular weight excluding hydrogens is 216 g/mol. The fourth-order valence-electron chi connectivity index (χ4n) is 1.26. The van der Waals surface area contributed by atoms with Crippen LogP contribution in [-0.2, 0) is 4.74 Å². The van der Waals surface area contributed by atoms with Crippen LogP contribution in [0.1, 0.15) is 18.4 Å². The predicted molar refractivity (Wildman–Crippen MR) is 66.8 cm³/mol. The Labute approximate surface area is 102 Å². The number of nitrogens with zero attached hydrogens (tertiary/aromatic N) is 1. The summed E-state index contributed by atoms with van der Waals surface area (Å²) in [6, 6.07) is 1.87. The molecule has 92 valence electrons. The lowest BCUT2D eigenvalue weighted by Gasteiger charge is -2.05. The molecule has 0 aliphatic rings. The maximum absolute atomic E-state index is 5.56. The first-order valence-electron chi connectivity index (χ1n) is 5.62.